The Labute approximate surface area is 166 Å². The first kappa shape index (κ1) is 18.0. The minimum absolute atomic E-state index is 0.473. The molecule has 1 heterocycles. The van der Waals surface area contributed by atoms with Gasteiger partial charge in [-0.15, -0.1) is 0 Å². The van der Waals surface area contributed by atoms with Gasteiger partial charge in [0.05, 0.1) is 0 Å². The monoisotopic (exact) mass is 373 g/mol. The molecule has 0 aliphatic rings. The third kappa shape index (κ3) is 3.11. The Morgan fingerprint density at radius 1 is 0.741 bits per heavy atom. The summed E-state index contributed by atoms with van der Waals surface area (Å²) in [7, 11) is 0. The summed E-state index contributed by atoms with van der Waals surface area (Å²) in [4.78, 5) is 4.23. The van der Waals surface area contributed by atoms with Crippen LogP contribution in [0.5, 0.6) is 0 Å². The average molecular weight is 374 g/mol. The van der Waals surface area contributed by atoms with Gasteiger partial charge in [-0.25, -0.2) is 4.98 Å². The predicted molar refractivity (Wildman–Crippen MR) is 118 cm³/mol. The number of fused-ring (bicyclic) bond motifs is 3. The van der Waals surface area contributed by atoms with E-state index in [0.29, 0.717) is 17.0 Å². The van der Waals surface area contributed by atoms with Crippen molar-refractivity contribution in [2.75, 3.05) is 0 Å². The van der Waals surface area contributed by atoms with E-state index in [2.05, 4.69) is 87.3 Å². The molecule has 2 heteroatoms. The molecule has 136 valence electrons. The van der Waals surface area contributed by atoms with Crippen LogP contribution in [-0.4, -0.2) is 4.98 Å². The van der Waals surface area contributed by atoms with Crippen LogP contribution in [0.3, 0.4) is 0 Å². The van der Waals surface area contributed by atoms with Crippen molar-refractivity contribution in [3.05, 3.63) is 77.1 Å². The minimum atomic E-state index is 0.473. The third-order valence-corrected chi connectivity index (χ3v) is 5.68. The van der Waals surface area contributed by atoms with E-state index in [1.54, 1.807) is 6.20 Å². The van der Waals surface area contributed by atoms with E-state index in [9.17, 15) is 0 Å². The second-order valence-corrected chi connectivity index (χ2v) is 8.18. The molecule has 0 radical (unpaired) electrons. The van der Waals surface area contributed by atoms with Gasteiger partial charge >= 0.3 is 0 Å². The molecule has 27 heavy (non-hydrogen) atoms. The number of benzene rings is 3. The fourth-order valence-electron chi connectivity index (χ4n) is 3.99. The highest BCUT2D eigenvalue weighted by Crippen LogP contribution is 2.38. The van der Waals surface area contributed by atoms with Gasteiger partial charge in [-0.2, -0.15) is 0 Å². The summed E-state index contributed by atoms with van der Waals surface area (Å²) in [6, 6.07) is 19.8. The fourth-order valence-corrected chi connectivity index (χ4v) is 4.21. The maximum absolute atomic E-state index is 6.34. The third-order valence-electron chi connectivity index (χ3n) is 5.38. The van der Waals surface area contributed by atoms with Crippen molar-refractivity contribution in [2.45, 2.75) is 39.5 Å². The Morgan fingerprint density at radius 3 is 2.07 bits per heavy atom. The highest BCUT2D eigenvalue weighted by molar-refractivity contribution is 6.35. The maximum Gasteiger partial charge on any atom is 0.136 e. The van der Waals surface area contributed by atoms with Gasteiger partial charge < -0.3 is 0 Å². The van der Waals surface area contributed by atoms with Crippen LogP contribution in [0, 0.1) is 0 Å². The summed E-state index contributed by atoms with van der Waals surface area (Å²) < 4.78 is 0. The molecule has 0 saturated heterocycles. The molecule has 4 rings (SSSR count). The van der Waals surface area contributed by atoms with E-state index >= 15 is 0 Å². The smallest absolute Gasteiger partial charge is 0.136 e. The maximum atomic E-state index is 6.34. The van der Waals surface area contributed by atoms with Crippen LogP contribution in [0.25, 0.3) is 32.7 Å². The van der Waals surface area contributed by atoms with Crippen LogP contribution in [0.15, 0.2) is 60.8 Å². The Balaban J connectivity index is 2.06. The van der Waals surface area contributed by atoms with Crippen molar-refractivity contribution in [2.24, 2.45) is 0 Å². The molecule has 3 aromatic carbocycles. The number of pyridine rings is 1. The molecule has 0 amide bonds. The Bertz CT molecular complexity index is 1120. The summed E-state index contributed by atoms with van der Waals surface area (Å²) in [6.45, 7) is 9.07. The molecule has 0 atom stereocenters. The second-order valence-electron chi connectivity index (χ2n) is 7.82. The Morgan fingerprint density at radius 2 is 1.41 bits per heavy atom. The van der Waals surface area contributed by atoms with Crippen molar-refractivity contribution >= 4 is 33.1 Å². The topological polar surface area (TPSA) is 12.9 Å². The van der Waals surface area contributed by atoms with Crippen LogP contribution in [0.2, 0.25) is 5.15 Å². The van der Waals surface area contributed by atoms with E-state index in [1.807, 2.05) is 0 Å². The van der Waals surface area contributed by atoms with E-state index in [1.165, 1.54) is 33.0 Å². The zero-order chi connectivity index (χ0) is 19.1. The molecule has 0 aliphatic heterocycles. The first-order valence-corrected chi connectivity index (χ1v) is 9.95. The molecule has 4 aromatic rings. The number of aromatic nitrogens is 1. The highest BCUT2D eigenvalue weighted by atomic mass is 35.5. The van der Waals surface area contributed by atoms with Crippen molar-refractivity contribution in [3.8, 4) is 11.1 Å². The van der Waals surface area contributed by atoms with E-state index in [-0.39, 0.29) is 0 Å². The zero-order valence-electron chi connectivity index (χ0n) is 16.3. The van der Waals surface area contributed by atoms with Gasteiger partial charge in [-0.3, -0.25) is 0 Å². The number of hydrogen-bond donors (Lipinski definition) is 0. The van der Waals surface area contributed by atoms with E-state index in [4.69, 9.17) is 11.6 Å². The molecule has 0 fully saturated rings. The molecule has 0 aliphatic carbocycles. The summed E-state index contributed by atoms with van der Waals surface area (Å²) in [6.07, 6.45) is 1.79. The quantitative estimate of drug-likeness (QED) is 0.262. The summed E-state index contributed by atoms with van der Waals surface area (Å²) in [5.74, 6) is 0.945. The molecule has 1 aromatic heterocycles. The lowest BCUT2D eigenvalue weighted by atomic mass is 9.84. The van der Waals surface area contributed by atoms with Crippen molar-refractivity contribution in [1.82, 2.24) is 4.98 Å². The SMILES string of the molecule is CC(C)c1cccc(C(C)C)c1-c1ccc2ccc3c(Cl)nccc3c2c1. The van der Waals surface area contributed by atoms with Crippen LogP contribution >= 0.6 is 11.6 Å². The van der Waals surface area contributed by atoms with Gasteiger partial charge in [0.2, 0.25) is 0 Å². The summed E-state index contributed by atoms with van der Waals surface area (Å²) >= 11 is 6.34. The molecule has 0 bridgehead atoms. The lowest BCUT2D eigenvalue weighted by Crippen LogP contribution is -1.99. The van der Waals surface area contributed by atoms with Crippen LogP contribution in [0.4, 0.5) is 0 Å². The van der Waals surface area contributed by atoms with E-state index < -0.39 is 0 Å². The lowest BCUT2D eigenvalue weighted by Gasteiger charge is -2.20. The first-order valence-electron chi connectivity index (χ1n) is 9.57. The number of nitrogens with zero attached hydrogens (tertiary/aromatic N) is 1. The molecule has 0 unspecified atom stereocenters. The van der Waals surface area contributed by atoms with Gasteiger partial charge in [0.1, 0.15) is 5.15 Å². The Hall–Kier alpha value is -2.38. The normalized spacial score (nSPS) is 11.8. The van der Waals surface area contributed by atoms with Crippen molar-refractivity contribution < 1.29 is 0 Å². The second kappa shape index (κ2) is 6.98. The first-order chi connectivity index (χ1) is 13.0. The van der Waals surface area contributed by atoms with Crippen LogP contribution in [-0.2, 0) is 0 Å². The van der Waals surface area contributed by atoms with Crippen molar-refractivity contribution in [3.63, 3.8) is 0 Å². The number of hydrogen-bond acceptors (Lipinski definition) is 1. The van der Waals surface area contributed by atoms with E-state index in [0.717, 1.165) is 10.8 Å². The predicted octanol–water partition coefficient (Wildman–Crippen LogP) is 7.96. The minimum Gasteiger partial charge on any atom is -0.244 e. The largest absolute Gasteiger partial charge is 0.244 e. The summed E-state index contributed by atoms with van der Waals surface area (Å²) in [5, 5.41) is 5.17. The van der Waals surface area contributed by atoms with Gasteiger partial charge in [0.25, 0.3) is 0 Å². The fraction of sp³-hybridized carbons (Fsp3) is 0.240. The van der Waals surface area contributed by atoms with Crippen molar-refractivity contribution in [1.29, 1.82) is 0 Å². The molecular weight excluding hydrogens is 350 g/mol. The van der Waals surface area contributed by atoms with Crippen LogP contribution in [0.1, 0.15) is 50.7 Å². The number of rotatable bonds is 3. The highest BCUT2D eigenvalue weighted by Gasteiger charge is 2.16. The number of halogens is 1. The summed E-state index contributed by atoms with van der Waals surface area (Å²) in [5.41, 5.74) is 5.46. The Kier molecular flexibility index (Phi) is 4.65. The molecular formula is C25H24ClN. The lowest BCUT2D eigenvalue weighted by molar-refractivity contribution is 0.838. The molecule has 0 saturated carbocycles. The molecule has 0 spiro atoms. The standard InChI is InChI=1S/C25H24ClN/c1-15(2)19-6-5-7-20(16(3)4)24(19)18-9-8-17-10-11-22-21(23(17)14-18)12-13-27-25(22)26/h5-16H,1-4H3. The van der Waals surface area contributed by atoms with Gasteiger partial charge in [0.15, 0.2) is 0 Å². The van der Waals surface area contributed by atoms with Crippen LogP contribution < -0.4 is 0 Å². The van der Waals surface area contributed by atoms with Gasteiger partial charge in [-0.05, 0) is 62.4 Å². The zero-order valence-corrected chi connectivity index (χ0v) is 17.0. The molecule has 1 nitrogen and oxygen atoms in total. The molecule has 0 N–H and O–H groups in total. The van der Waals surface area contributed by atoms with Gasteiger partial charge in [-0.1, -0.05) is 81.8 Å². The average Bonchev–Trinajstić information content (AvgIpc) is 2.67. The van der Waals surface area contributed by atoms with Gasteiger partial charge in [0, 0.05) is 11.6 Å².